The highest BCUT2D eigenvalue weighted by Gasteiger charge is 2.20. The normalized spacial score (nSPS) is 16.1. The van der Waals surface area contributed by atoms with Crippen molar-refractivity contribution >= 4 is 11.8 Å². The molecule has 3 heteroatoms. The molecule has 1 aromatic rings. The van der Waals surface area contributed by atoms with Gasteiger partial charge in [0, 0.05) is 0 Å². The second-order valence-corrected chi connectivity index (χ2v) is 4.74. The summed E-state index contributed by atoms with van der Waals surface area (Å²) >= 11 is 1.79. The lowest BCUT2D eigenvalue weighted by atomic mass is 10.4. The zero-order valence-corrected chi connectivity index (χ0v) is 9.40. The molecule has 0 spiro atoms. The highest BCUT2D eigenvalue weighted by molar-refractivity contribution is 7.97. The average molecular weight is 211 g/mol. The third kappa shape index (κ3) is 3.07. The predicted molar refractivity (Wildman–Crippen MR) is 60.4 cm³/mol. The topological polar surface area (TPSA) is 25.2 Å². The molecular weight excluding hydrogens is 194 g/mol. The van der Waals surface area contributed by atoms with Gasteiger partial charge in [-0.25, -0.2) is 0 Å². The van der Waals surface area contributed by atoms with Crippen LogP contribution in [0.3, 0.4) is 0 Å². The van der Waals surface area contributed by atoms with Gasteiger partial charge in [-0.15, -0.1) is 0 Å². The zero-order chi connectivity index (χ0) is 9.80. The van der Waals surface area contributed by atoms with E-state index in [0.717, 1.165) is 36.3 Å². The van der Waals surface area contributed by atoms with Crippen LogP contribution < -0.4 is 5.32 Å². The number of nitrogens with one attached hydrogen (secondary N) is 1. The summed E-state index contributed by atoms with van der Waals surface area (Å²) in [6.45, 7) is 2.03. The number of furan rings is 1. The first kappa shape index (κ1) is 10.1. The van der Waals surface area contributed by atoms with Gasteiger partial charge in [0.15, 0.2) is 0 Å². The number of hydrogen-bond donors (Lipinski definition) is 1. The molecule has 0 radical (unpaired) electrons. The summed E-state index contributed by atoms with van der Waals surface area (Å²) < 4.78 is 5.64. The van der Waals surface area contributed by atoms with Crippen LogP contribution in [0.15, 0.2) is 16.5 Å². The van der Waals surface area contributed by atoms with Crippen LogP contribution in [0.5, 0.6) is 0 Å². The van der Waals surface area contributed by atoms with E-state index in [9.17, 15) is 0 Å². The monoisotopic (exact) mass is 211 g/mol. The molecule has 0 bridgehead atoms. The van der Waals surface area contributed by atoms with Crippen molar-refractivity contribution in [3.8, 4) is 0 Å². The SMILES string of the molecule is CSCc1ccc(CNCC2CC2)o1. The Bertz CT molecular complexity index is 281. The Hall–Kier alpha value is -0.410. The fourth-order valence-electron chi connectivity index (χ4n) is 1.46. The third-order valence-electron chi connectivity index (χ3n) is 2.43. The van der Waals surface area contributed by atoms with Gasteiger partial charge in [0.25, 0.3) is 0 Å². The highest BCUT2D eigenvalue weighted by Crippen LogP contribution is 2.27. The molecule has 1 aliphatic rings. The van der Waals surface area contributed by atoms with Crippen molar-refractivity contribution in [1.29, 1.82) is 0 Å². The van der Waals surface area contributed by atoms with Crippen molar-refractivity contribution in [3.05, 3.63) is 23.7 Å². The van der Waals surface area contributed by atoms with Gasteiger partial charge in [-0.2, -0.15) is 11.8 Å². The number of hydrogen-bond acceptors (Lipinski definition) is 3. The van der Waals surface area contributed by atoms with Gasteiger partial charge in [0.05, 0.1) is 12.3 Å². The molecule has 0 unspecified atom stereocenters. The molecule has 2 nitrogen and oxygen atoms in total. The van der Waals surface area contributed by atoms with Crippen molar-refractivity contribution in [2.75, 3.05) is 12.8 Å². The Kier molecular flexibility index (Phi) is 3.54. The molecule has 1 aliphatic carbocycles. The van der Waals surface area contributed by atoms with Crippen LogP contribution in [-0.2, 0) is 12.3 Å². The molecule has 0 atom stereocenters. The van der Waals surface area contributed by atoms with Crippen molar-refractivity contribution in [2.45, 2.75) is 25.1 Å². The lowest BCUT2D eigenvalue weighted by Gasteiger charge is -1.99. The third-order valence-corrected chi connectivity index (χ3v) is 3.01. The van der Waals surface area contributed by atoms with Crippen molar-refractivity contribution in [1.82, 2.24) is 5.32 Å². The van der Waals surface area contributed by atoms with Crippen LogP contribution in [0.4, 0.5) is 0 Å². The van der Waals surface area contributed by atoms with E-state index >= 15 is 0 Å². The van der Waals surface area contributed by atoms with Gasteiger partial charge >= 0.3 is 0 Å². The quantitative estimate of drug-likeness (QED) is 0.783. The molecule has 0 aromatic carbocycles. The minimum atomic E-state index is 0.880. The Balaban J connectivity index is 1.71. The van der Waals surface area contributed by atoms with E-state index in [2.05, 4.69) is 23.7 Å². The molecule has 1 N–H and O–H groups in total. The van der Waals surface area contributed by atoms with Crippen molar-refractivity contribution < 1.29 is 4.42 Å². The zero-order valence-electron chi connectivity index (χ0n) is 8.58. The maximum atomic E-state index is 5.64. The predicted octanol–water partition coefficient (Wildman–Crippen LogP) is 2.64. The largest absolute Gasteiger partial charge is 0.464 e. The number of rotatable bonds is 6. The van der Waals surface area contributed by atoms with Crippen LogP contribution in [-0.4, -0.2) is 12.8 Å². The summed E-state index contributed by atoms with van der Waals surface area (Å²) in [7, 11) is 0. The van der Waals surface area contributed by atoms with E-state index in [1.807, 2.05) is 0 Å². The van der Waals surface area contributed by atoms with Gasteiger partial charge in [-0.1, -0.05) is 0 Å². The summed E-state index contributed by atoms with van der Waals surface area (Å²) in [6, 6.07) is 4.15. The Morgan fingerprint density at radius 2 is 2.21 bits per heavy atom. The van der Waals surface area contributed by atoms with E-state index < -0.39 is 0 Å². The number of thioether (sulfide) groups is 1. The lowest BCUT2D eigenvalue weighted by molar-refractivity contribution is 0.456. The molecule has 0 aliphatic heterocycles. The lowest BCUT2D eigenvalue weighted by Crippen LogP contribution is -2.15. The van der Waals surface area contributed by atoms with Crippen LogP contribution in [0.2, 0.25) is 0 Å². The first-order valence-electron chi connectivity index (χ1n) is 5.15. The molecule has 0 saturated heterocycles. The molecule has 14 heavy (non-hydrogen) atoms. The standard InChI is InChI=1S/C11H17NOS/c1-14-8-11-5-4-10(13-11)7-12-6-9-2-3-9/h4-5,9,12H,2-3,6-8H2,1H3. The van der Waals surface area contributed by atoms with Crippen LogP contribution in [0.25, 0.3) is 0 Å². The minimum absolute atomic E-state index is 0.880. The fraction of sp³-hybridized carbons (Fsp3) is 0.636. The van der Waals surface area contributed by atoms with Crippen LogP contribution in [0, 0.1) is 5.92 Å². The van der Waals surface area contributed by atoms with Gasteiger partial charge in [-0.3, -0.25) is 0 Å². The molecular formula is C11H17NOS. The second kappa shape index (κ2) is 4.89. The maximum absolute atomic E-state index is 5.64. The molecule has 2 rings (SSSR count). The van der Waals surface area contributed by atoms with Gasteiger partial charge in [-0.05, 0) is 43.7 Å². The molecule has 1 heterocycles. The van der Waals surface area contributed by atoms with Crippen molar-refractivity contribution in [3.63, 3.8) is 0 Å². The Morgan fingerprint density at radius 1 is 1.43 bits per heavy atom. The van der Waals surface area contributed by atoms with Crippen LogP contribution in [0.1, 0.15) is 24.4 Å². The molecule has 1 fully saturated rings. The second-order valence-electron chi connectivity index (χ2n) is 3.88. The summed E-state index contributed by atoms with van der Waals surface area (Å²) in [5, 5.41) is 3.42. The Labute approximate surface area is 89.4 Å². The highest BCUT2D eigenvalue weighted by atomic mass is 32.2. The summed E-state index contributed by atoms with van der Waals surface area (Å²) in [5.74, 6) is 4.06. The molecule has 1 aromatic heterocycles. The van der Waals surface area contributed by atoms with E-state index in [-0.39, 0.29) is 0 Å². The summed E-state index contributed by atoms with van der Waals surface area (Å²) in [6.07, 6.45) is 4.90. The van der Waals surface area contributed by atoms with E-state index in [1.165, 1.54) is 12.8 Å². The smallest absolute Gasteiger partial charge is 0.117 e. The van der Waals surface area contributed by atoms with Crippen LogP contribution >= 0.6 is 11.8 Å². The van der Waals surface area contributed by atoms with Gasteiger partial charge < -0.3 is 9.73 Å². The minimum Gasteiger partial charge on any atom is -0.464 e. The first-order chi connectivity index (χ1) is 6.88. The van der Waals surface area contributed by atoms with Gasteiger partial charge in [0.2, 0.25) is 0 Å². The van der Waals surface area contributed by atoms with E-state index in [0.29, 0.717) is 0 Å². The summed E-state index contributed by atoms with van der Waals surface area (Å²) in [5.41, 5.74) is 0. The molecule has 78 valence electrons. The van der Waals surface area contributed by atoms with Gasteiger partial charge in [0.1, 0.15) is 11.5 Å². The molecule has 1 saturated carbocycles. The average Bonchev–Trinajstić information content (AvgIpc) is 2.88. The first-order valence-corrected chi connectivity index (χ1v) is 6.55. The summed E-state index contributed by atoms with van der Waals surface area (Å²) in [4.78, 5) is 0. The Morgan fingerprint density at radius 3 is 2.93 bits per heavy atom. The van der Waals surface area contributed by atoms with E-state index in [1.54, 1.807) is 11.8 Å². The fourth-order valence-corrected chi connectivity index (χ4v) is 1.90. The van der Waals surface area contributed by atoms with E-state index in [4.69, 9.17) is 4.42 Å². The molecule has 0 amide bonds. The maximum Gasteiger partial charge on any atom is 0.117 e. The van der Waals surface area contributed by atoms with Crippen molar-refractivity contribution in [2.24, 2.45) is 5.92 Å².